The second kappa shape index (κ2) is 39.7. The minimum Gasteiger partial charge on any atom is -0.462 e. The van der Waals surface area contributed by atoms with Crippen molar-refractivity contribution in [2.75, 3.05) is 47.5 Å². The number of hydrogen-bond donors (Lipinski definition) is 1. The Balaban J connectivity index is 4.32. The lowest BCUT2D eigenvalue weighted by atomic mass is 10.0. The van der Waals surface area contributed by atoms with Crippen molar-refractivity contribution >= 4 is 19.8 Å². The minimum atomic E-state index is -4.38. The first kappa shape index (κ1) is 55.2. The third-order valence-electron chi connectivity index (χ3n) is 9.92. The lowest BCUT2D eigenvalue weighted by Crippen LogP contribution is -2.37. The van der Waals surface area contributed by atoms with Crippen LogP contribution in [0.3, 0.4) is 0 Å². The highest BCUT2D eigenvalue weighted by molar-refractivity contribution is 7.47. The highest BCUT2D eigenvalue weighted by Crippen LogP contribution is 2.43. The number of unbranched alkanes of at least 4 members (excludes halogenated alkanes) is 22. The molecular weight excluding hydrogens is 737 g/mol. The molecule has 0 aliphatic heterocycles. The van der Waals surface area contributed by atoms with Gasteiger partial charge in [-0.2, -0.15) is 0 Å². The number of quaternary nitrogens is 1. The second-order valence-corrected chi connectivity index (χ2v) is 18.2. The van der Waals surface area contributed by atoms with E-state index in [9.17, 15) is 19.0 Å². The van der Waals surface area contributed by atoms with Gasteiger partial charge < -0.3 is 18.9 Å². The molecule has 0 heterocycles. The van der Waals surface area contributed by atoms with Crippen LogP contribution in [0.2, 0.25) is 0 Å². The van der Waals surface area contributed by atoms with Crippen LogP contribution in [0.5, 0.6) is 0 Å². The number of ether oxygens (including phenoxy) is 2. The van der Waals surface area contributed by atoms with E-state index < -0.39 is 26.5 Å². The van der Waals surface area contributed by atoms with Crippen LogP contribution in [-0.4, -0.2) is 74.9 Å². The van der Waals surface area contributed by atoms with E-state index in [0.29, 0.717) is 17.4 Å². The van der Waals surface area contributed by atoms with E-state index in [1.165, 1.54) is 96.3 Å². The van der Waals surface area contributed by atoms with Gasteiger partial charge in [-0.1, -0.05) is 172 Å². The van der Waals surface area contributed by atoms with E-state index in [2.05, 4.69) is 50.3 Å². The number of esters is 2. The van der Waals surface area contributed by atoms with Crippen LogP contribution in [0.25, 0.3) is 0 Å². The average molecular weight is 827 g/mol. The molecule has 0 radical (unpaired) electrons. The fourth-order valence-electron chi connectivity index (χ4n) is 6.26. The van der Waals surface area contributed by atoms with Gasteiger partial charge in [0.25, 0.3) is 0 Å². The molecular formula is C47H89NO8P+. The summed E-state index contributed by atoms with van der Waals surface area (Å²) >= 11 is 0. The van der Waals surface area contributed by atoms with Crippen molar-refractivity contribution in [3.63, 3.8) is 0 Å². The number of phosphoric acid groups is 1. The molecule has 0 saturated heterocycles. The lowest BCUT2D eigenvalue weighted by Gasteiger charge is -2.24. The Labute approximate surface area is 351 Å². The van der Waals surface area contributed by atoms with E-state index >= 15 is 0 Å². The van der Waals surface area contributed by atoms with E-state index in [1.807, 2.05) is 21.1 Å². The zero-order chi connectivity index (χ0) is 42.1. The predicted octanol–water partition coefficient (Wildman–Crippen LogP) is 13.3. The van der Waals surface area contributed by atoms with Crippen LogP contribution in [0, 0.1) is 0 Å². The number of rotatable bonds is 42. The summed E-state index contributed by atoms with van der Waals surface area (Å²) in [5.74, 6) is -0.809. The number of likely N-dealkylation sites (N-methyl/N-ethyl adjacent to an activating group) is 1. The van der Waals surface area contributed by atoms with Crippen LogP contribution >= 0.6 is 7.82 Å². The molecule has 57 heavy (non-hydrogen) atoms. The smallest absolute Gasteiger partial charge is 0.462 e. The molecule has 0 saturated carbocycles. The number of carbonyl (C=O) groups is 2. The monoisotopic (exact) mass is 827 g/mol. The zero-order valence-electron chi connectivity index (χ0n) is 37.6. The van der Waals surface area contributed by atoms with Crippen LogP contribution in [0.15, 0.2) is 36.5 Å². The number of allylic oxidation sites excluding steroid dienone is 6. The summed E-state index contributed by atoms with van der Waals surface area (Å²) in [6, 6.07) is 0. The Morgan fingerprint density at radius 3 is 1.40 bits per heavy atom. The largest absolute Gasteiger partial charge is 0.472 e. The van der Waals surface area contributed by atoms with Crippen LogP contribution < -0.4 is 0 Å². The summed E-state index contributed by atoms with van der Waals surface area (Å²) in [6.45, 7) is 4.40. The quantitative estimate of drug-likeness (QED) is 0.0213. The van der Waals surface area contributed by atoms with Gasteiger partial charge in [0.2, 0.25) is 0 Å². The molecule has 10 heteroatoms. The summed E-state index contributed by atoms with van der Waals surface area (Å²) in [4.78, 5) is 35.4. The van der Waals surface area contributed by atoms with Gasteiger partial charge in [0, 0.05) is 12.8 Å². The molecule has 0 aliphatic rings. The lowest BCUT2D eigenvalue weighted by molar-refractivity contribution is -0.870. The summed E-state index contributed by atoms with van der Waals surface area (Å²) in [5, 5.41) is 0. The van der Waals surface area contributed by atoms with Crippen LogP contribution in [0.1, 0.15) is 200 Å². The highest BCUT2D eigenvalue weighted by atomic mass is 31.2. The van der Waals surface area contributed by atoms with Crippen LogP contribution in [-0.2, 0) is 32.7 Å². The van der Waals surface area contributed by atoms with Gasteiger partial charge in [0.05, 0.1) is 27.7 Å². The zero-order valence-corrected chi connectivity index (χ0v) is 38.5. The molecule has 1 N–H and O–H groups in total. The fourth-order valence-corrected chi connectivity index (χ4v) is 7.00. The van der Waals surface area contributed by atoms with Crippen molar-refractivity contribution in [3.05, 3.63) is 36.5 Å². The first-order valence-electron chi connectivity index (χ1n) is 23.2. The van der Waals surface area contributed by atoms with E-state index in [0.717, 1.165) is 70.6 Å². The maximum absolute atomic E-state index is 12.7. The molecule has 0 bridgehead atoms. The Morgan fingerprint density at radius 2 is 0.947 bits per heavy atom. The van der Waals surface area contributed by atoms with Gasteiger partial charge in [0.1, 0.15) is 19.8 Å². The first-order chi connectivity index (χ1) is 27.5. The molecule has 2 unspecified atom stereocenters. The highest BCUT2D eigenvalue weighted by Gasteiger charge is 2.27. The van der Waals surface area contributed by atoms with Gasteiger partial charge >= 0.3 is 19.8 Å². The molecule has 0 aromatic rings. The molecule has 334 valence electrons. The molecule has 0 spiro atoms. The molecule has 0 aliphatic carbocycles. The minimum absolute atomic E-state index is 0.0295. The molecule has 0 aromatic carbocycles. The van der Waals surface area contributed by atoms with Gasteiger partial charge in [0.15, 0.2) is 6.10 Å². The van der Waals surface area contributed by atoms with Gasteiger partial charge in [-0.3, -0.25) is 18.6 Å². The SMILES string of the molecule is CCCCCCC/C=C\C/C=C\C/C=C\CCCCCCCCC(=O)OC(COC(=O)CCCCCCCCCCCCCC)COP(=O)(O)OCC[N+](C)(C)C. The summed E-state index contributed by atoms with van der Waals surface area (Å²) < 4.78 is 34.3. The van der Waals surface area contributed by atoms with Crippen molar-refractivity contribution in [1.82, 2.24) is 0 Å². The molecule has 2 atom stereocenters. The standard InChI is InChI=1S/C47H88NO8P/c1-6-8-10-12-14-16-18-20-21-22-23-24-25-26-27-28-30-32-34-36-38-40-47(50)56-45(44-55-57(51,52)54-42-41-48(3,4)5)43-53-46(49)39-37-35-33-31-29-19-17-15-13-11-9-7-2/h18,20,22-23,25-26,45H,6-17,19,21,24,27-44H2,1-5H3/p+1/b20-18-,23-22-,26-25-. The fraction of sp³-hybridized carbons (Fsp3) is 0.830. The summed E-state index contributed by atoms with van der Waals surface area (Å²) in [7, 11) is 1.47. The summed E-state index contributed by atoms with van der Waals surface area (Å²) in [5.41, 5.74) is 0. The third kappa shape index (κ3) is 43.6. The Morgan fingerprint density at radius 1 is 0.544 bits per heavy atom. The Bertz CT molecular complexity index is 1070. The van der Waals surface area contributed by atoms with Crippen molar-refractivity contribution in [2.45, 2.75) is 206 Å². The third-order valence-corrected chi connectivity index (χ3v) is 10.9. The number of carbonyl (C=O) groups excluding carboxylic acids is 2. The van der Waals surface area contributed by atoms with Gasteiger partial charge in [-0.15, -0.1) is 0 Å². The van der Waals surface area contributed by atoms with E-state index in [-0.39, 0.29) is 32.0 Å². The van der Waals surface area contributed by atoms with Gasteiger partial charge in [-0.05, 0) is 51.4 Å². The van der Waals surface area contributed by atoms with Crippen molar-refractivity contribution in [1.29, 1.82) is 0 Å². The molecule has 0 fully saturated rings. The van der Waals surface area contributed by atoms with Crippen LogP contribution in [0.4, 0.5) is 0 Å². The normalized spacial score (nSPS) is 13.9. The molecule has 0 rings (SSSR count). The molecule has 0 amide bonds. The second-order valence-electron chi connectivity index (χ2n) is 16.8. The number of nitrogens with zero attached hydrogens (tertiary/aromatic N) is 1. The molecule has 0 aromatic heterocycles. The van der Waals surface area contributed by atoms with Crippen molar-refractivity contribution in [2.24, 2.45) is 0 Å². The van der Waals surface area contributed by atoms with E-state index in [1.54, 1.807) is 0 Å². The maximum atomic E-state index is 12.7. The van der Waals surface area contributed by atoms with Crippen molar-refractivity contribution < 1.29 is 42.1 Å². The topological polar surface area (TPSA) is 108 Å². The summed E-state index contributed by atoms with van der Waals surface area (Å²) in [6.07, 6.45) is 44.7. The van der Waals surface area contributed by atoms with Gasteiger partial charge in [-0.25, -0.2) is 4.57 Å². The Kier molecular flexibility index (Phi) is 38.4. The van der Waals surface area contributed by atoms with E-state index in [4.69, 9.17) is 18.5 Å². The number of phosphoric ester groups is 1. The first-order valence-corrected chi connectivity index (χ1v) is 24.7. The maximum Gasteiger partial charge on any atom is 0.472 e. The number of hydrogen-bond acceptors (Lipinski definition) is 7. The predicted molar refractivity (Wildman–Crippen MR) is 238 cm³/mol. The average Bonchev–Trinajstić information content (AvgIpc) is 3.16. The molecule has 9 nitrogen and oxygen atoms in total. The Hall–Kier alpha value is -1.77. The van der Waals surface area contributed by atoms with Crippen molar-refractivity contribution in [3.8, 4) is 0 Å².